The minimum Gasteiger partial charge on any atom is -0.481 e. The van der Waals surface area contributed by atoms with Crippen LogP contribution in [0.1, 0.15) is 31.4 Å². The van der Waals surface area contributed by atoms with Gasteiger partial charge >= 0.3 is 5.97 Å². The van der Waals surface area contributed by atoms with Crippen molar-refractivity contribution in [3.8, 4) is 0 Å². The molecule has 1 amide bonds. The molecule has 1 aromatic heterocycles. The molecule has 0 radical (unpaired) electrons. The highest BCUT2D eigenvalue weighted by molar-refractivity contribution is 7.13. The Kier molecular flexibility index (Phi) is 3.26. The summed E-state index contributed by atoms with van der Waals surface area (Å²) in [5, 5.41) is 13.7. The van der Waals surface area contributed by atoms with Gasteiger partial charge in [0.1, 0.15) is 0 Å². The van der Waals surface area contributed by atoms with Gasteiger partial charge in [-0.2, -0.15) is 0 Å². The summed E-state index contributed by atoms with van der Waals surface area (Å²) < 4.78 is 0. The van der Waals surface area contributed by atoms with Crippen molar-refractivity contribution in [2.24, 2.45) is 17.8 Å². The van der Waals surface area contributed by atoms with Gasteiger partial charge in [-0.05, 0) is 37.5 Å². The Hall–Kier alpha value is -1.43. The number of thiazole rings is 1. The highest BCUT2D eigenvalue weighted by Gasteiger charge is 2.45. The molecule has 0 spiro atoms. The van der Waals surface area contributed by atoms with Crippen molar-refractivity contribution in [1.29, 1.82) is 0 Å². The molecule has 6 heteroatoms. The lowest BCUT2D eigenvalue weighted by molar-refractivity contribution is -0.136. The Morgan fingerprint density at radius 1 is 1.37 bits per heavy atom. The summed E-state index contributed by atoms with van der Waals surface area (Å²) in [6.07, 6.45) is 4.56. The number of anilines is 1. The Balaban J connectivity index is 1.61. The average Bonchev–Trinajstić information content (AvgIpc) is 3.23. The van der Waals surface area contributed by atoms with Crippen molar-refractivity contribution in [3.05, 3.63) is 11.1 Å². The second-order valence-electron chi connectivity index (χ2n) is 5.40. The molecular weight excluding hydrogens is 264 g/mol. The van der Waals surface area contributed by atoms with E-state index in [1.54, 1.807) is 5.38 Å². The van der Waals surface area contributed by atoms with Crippen LogP contribution in [0.5, 0.6) is 0 Å². The van der Waals surface area contributed by atoms with Crippen molar-refractivity contribution < 1.29 is 14.7 Å². The Bertz CT molecular complexity index is 494. The van der Waals surface area contributed by atoms with Gasteiger partial charge in [-0.3, -0.25) is 9.59 Å². The maximum Gasteiger partial charge on any atom is 0.309 e. The summed E-state index contributed by atoms with van der Waals surface area (Å²) in [6, 6.07) is 0. The Morgan fingerprint density at radius 3 is 2.53 bits per heavy atom. The molecule has 5 nitrogen and oxygen atoms in total. The number of nitrogens with zero attached hydrogens (tertiary/aromatic N) is 1. The molecule has 1 heterocycles. The number of nitrogens with one attached hydrogen (secondary N) is 1. The normalized spacial score (nSPS) is 18.6. The third-order valence-electron chi connectivity index (χ3n) is 3.68. The van der Waals surface area contributed by atoms with Crippen LogP contribution < -0.4 is 5.32 Å². The van der Waals surface area contributed by atoms with Gasteiger partial charge in [-0.25, -0.2) is 4.98 Å². The van der Waals surface area contributed by atoms with Gasteiger partial charge in [0.2, 0.25) is 5.91 Å². The van der Waals surface area contributed by atoms with E-state index < -0.39 is 5.97 Å². The topological polar surface area (TPSA) is 79.3 Å². The van der Waals surface area contributed by atoms with E-state index in [0.717, 1.165) is 25.7 Å². The van der Waals surface area contributed by atoms with Crippen LogP contribution in [0.25, 0.3) is 0 Å². The number of hydrogen-bond donors (Lipinski definition) is 2. The van der Waals surface area contributed by atoms with Crippen molar-refractivity contribution >= 4 is 28.3 Å². The van der Waals surface area contributed by atoms with Gasteiger partial charge < -0.3 is 10.4 Å². The van der Waals surface area contributed by atoms with Crippen LogP contribution in [0, 0.1) is 17.8 Å². The molecule has 19 heavy (non-hydrogen) atoms. The molecule has 2 N–H and O–H groups in total. The molecule has 2 aliphatic carbocycles. The van der Waals surface area contributed by atoms with Crippen molar-refractivity contribution in [1.82, 2.24) is 4.98 Å². The second kappa shape index (κ2) is 4.92. The molecule has 2 fully saturated rings. The van der Waals surface area contributed by atoms with Crippen LogP contribution in [0.2, 0.25) is 0 Å². The van der Waals surface area contributed by atoms with Crippen LogP contribution in [0.15, 0.2) is 5.38 Å². The number of rotatable bonds is 6. The van der Waals surface area contributed by atoms with E-state index in [-0.39, 0.29) is 18.2 Å². The van der Waals surface area contributed by atoms with E-state index in [9.17, 15) is 9.59 Å². The fraction of sp³-hybridized carbons (Fsp3) is 0.615. The summed E-state index contributed by atoms with van der Waals surface area (Å²) in [7, 11) is 0. The van der Waals surface area contributed by atoms with Gasteiger partial charge in [-0.15, -0.1) is 11.3 Å². The first kappa shape index (κ1) is 12.6. The molecule has 0 aliphatic heterocycles. The summed E-state index contributed by atoms with van der Waals surface area (Å²) in [4.78, 5) is 27.0. The third kappa shape index (κ3) is 3.12. The lowest BCUT2D eigenvalue weighted by Crippen LogP contribution is -2.26. The number of hydrogen-bond acceptors (Lipinski definition) is 4. The average molecular weight is 280 g/mol. The summed E-state index contributed by atoms with van der Waals surface area (Å²) in [5.41, 5.74) is 0.502. The van der Waals surface area contributed by atoms with Gasteiger partial charge in [0.25, 0.3) is 0 Å². The number of aliphatic carboxylic acids is 1. The fourth-order valence-corrected chi connectivity index (χ4v) is 3.23. The fourth-order valence-electron chi connectivity index (χ4n) is 2.51. The van der Waals surface area contributed by atoms with Gasteiger partial charge in [0.15, 0.2) is 5.13 Å². The Labute approximate surface area is 115 Å². The quantitative estimate of drug-likeness (QED) is 0.836. The van der Waals surface area contributed by atoms with Crippen molar-refractivity contribution in [2.45, 2.75) is 32.1 Å². The minimum atomic E-state index is -0.906. The highest BCUT2D eigenvalue weighted by atomic mass is 32.1. The first-order valence-corrected chi connectivity index (χ1v) is 7.48. The summed E-state index contributed by atoms with van der Waals surface area (Å²) in [5.74, 6) is 0.432. The first-order chi connectivity index (χ1) is 9.13. The van der Waals surface area contributed by atoms with Gasteiger partial charge in [-0.1, -0.05) is 0 Å². The molecule has 0 saturated heterocycles. The van der Waals surface area contributed by atoms with Crippen LogP contribution >= 0.6 is 11.3 Å². The van der Waals surface area contributed by atoms with Crippen molar-refractivity contribution in [3.63, 3.8) is 0 Å². The predicted octanol–water partition coefficient (Wildman–Crippen LogP) is 2.14. The smallest absolute Gasteiger partial charge is 0.309 e. The lowest BCUT2D eigenvalue weighted by atomic mass is 9.97. The van der Waals surface area contributed by atoms with E-state index in [0.29, 0.717) is 22.7 Å². The zero-order valence-electron chi connectivity index (χ0n) is 10.5. The van der Waals surface area contributed by atoms with E-state index in [1.807, 2.05) is 0 Å². The molecule has 3 rings (SSSR count). The van der Waals surface area contributed by atoms with Crippen LogP contribution in [-0.2, 0) is 16.0 Å². The molecule has 0 aromatic carbocycles. The second-order valence-corrected chi connectivity index (χ2v) is 6.26. The van der Waals surface area contributed by atoms with Crippen LogP contribution in [0.3, 0.4) is 0 Å². The number of carboxylic acid groups (broad SMARTS) is 1. The van der Waals surface area contributed by atoms with Crippen LogP contribution in [-0.4, -0.2) is 22.0 Å². The maximum atomic E-state index is 12.2. The van der Waals surface area contributed by atoms with Crippen molar-refractivity contribution in [2.75, 3.05) is 5.32 Å². The van der Waals surface area contributed by atoms with Gasteiger partial charge in [0.05, 0.1) is 12.1 Å². The Morgan fingerprint density at radius 2 is 2.00 bits per heavy atom. The van der Waals surface area contributed by atoms with Crippen LogP contribution in [0.4, 0.5) is 5.13 Å². The van der Waals surface area contributed by atoms with Gasteiger partial charge in [0, 0.05) is 11.3 Å². The number of carboxylic acids is 1. The first-order valence-electron chi connectivity index (χ1n) is 6.60. The predicted molar refractivity (Wildman–Crippen MR) is 71.0 cm³/mol. The third-order valence-corrected chi connectivity index (χ3v) is 4.48. The zero-order valence-corrected chi connectivity index (χ0v) is 11.3. The summed E-state index contributed by atoms with van der Waals surface area (Å²) in [6.45, 7) is 0. The molecule has 102 valence electrons. The highest BCUT2D eigenvalue weighted by Crippen LogP contribution is 2.49. The SMILES string of the molecule is O=C(O)Cc1csc(NC(=O)C(C2CC2)C2CC2)n1. The summed E-state index contributed by atoms with van der Waals surface area (Å²) >= 11 is 1.30. The number of aromatic nitrogens is 1. The standard InChI is InChI=1S/C13H16N2O3S/c16-10(17)5-9-6-19-13(14-9)15-12(18)11(7-1-2-7)8-3-4-8/h6-8,11H,1-5H2,(H,16,17)(H,14,15,18). The zero-order chi connectivity index (χ0) is 13.4. The molecule has 0 atom stereocenters. The molecule has 2 saturated carbocycles. The minimum absolute atomic E-state index is 0.0706. The molecule has 2 aliphatic rings. The maximum absolute atomic E-state index is 12.2. The number of carbonyl (C=O) groups is 2. The largest absolute Gasteiger partial charge is 0.481 e. The van der Waals surface area contributed by atoms with E-state index in [4.69, 9.17) is 5.11 Å². The van der Waals surface area contributed by atoms with E-state index >= 15 is 0 Å². The number of amides is 1. The molecule has 1 aromatic rings. The molecule has 0 unspecified atom stereocenters. The monoisotopic (exact) mass is 280 g/mol. The molecule has 0 bridgehead atoms. The lowest BCUT2D eigenvalue weighted by Gasteiger charge is -2.13. The number of carbonyl (C=O) groups excluding carboxylic acids is 1. The van der Waals surface area contributed by atoms with E-state index in [2.05, 4.69) is 10.3 Å². The van der Waals surface area contributed by atoms with E-state index in [1.165, 1.54) is 11.3 Å². The molecular formula is C13H16N2O3S.